The second-order valence-electron chi connectivity index (χ2n) is 8.45. The minimum Gasteiger partial charge on any atom is -0.489 e. The van der Waals surface area contributed by atoms with Crippen molar-refractivity contribution in [1.29, 1.82) is 0 Å². The minimum atomic E-state index is -0.282. The van der Waals surface area contributed by atoms with E-state index in [4.69, 9.17) is 4.74 Å². The highest BCUT2D eigenvalue weighted by Crippen LogP contribution is 2.44. The summed E-state index contributed by atoms with van der Waals surface area (Å²) in [7, 11) is 0. The number of Topliss-reactive ketones (excluding diaryl/α,β-unsaturated/α-hetero) is 1. The molecule has 3 aromatic carbocycles. The summed E-state index contributed by atoms with van der Waals surface area (Å²) in [5, 5.41) is 3.00. The van der Waals surface area contributed by atoms with E-state index in [1.807, 2.05) is 72.8 Å². The fraction of sp³-hybridized carbons (Fsp3) is 0.214. The molecule has 1 aliphatic heterocycles. The van der Waals surface area contributed by atoms with Gasteiger partial charge in [0.15, 0.2) is 5.78 Å². The Morgan fingerprint density at radius 3 is 2.25 bits per heavy atom. The molecular formula is C28H25NO3. The zero-order valence-electron chi connectivity index (χ0n) is 17.8. The quantitative estimate of drug-likeness (QED) is 0.608. The van der Waals surface area contributed by atoms with Crippen LogP contribution < -0.4 is 10.1 Å². The Bertz CT molecular complexity index is 1170. The molecule has 1 aliphatic carbocycles. The van der Waals surface area contributed by atoms with Crippen molar-refractivity contribution in [3.05, 3.63) is 113 Å². The first-order valence-corrected chi connectivity index (χ1v) is 11.1. The molecule has 4 nitrogen and oxygen atoms in total. The Morgan fingerprint density at radius 2 is 1.47 bits per heavy atom. The summed E-state index contributed by atoms with van der Waals surface area (Å²) in [6.45, 7) is 0.437. The Labute approximate surface area is 187 Å². The molecule has 0 saturated carbocycles. The third-order valence-corrected chi connectivity index (χ3v) is 6.34. The van der Waals surface area contributed by atoms with Gasteiger partial charge in [-0.25, -0.2) is 0 Å². The SMILES string of the molecule is O=C1CC(c2ccccc2OCc2ccccc2)C2=C(CC(c3ccccc3)CC2=O)N1. The van der Waals surface area contributed by atoms with E-state index in [0.29, 0.717) is 19.4 Å². The first-order chi connectivity index (χ1) is 15.7. The largest absolute Gasteiger partial charge is 0.489 e. The van der Waals surface area contributed by atoms with E-state index in [9.17, 15) is 9.59 Å². The molecule has 32 heavy (non-hydrogen) atoms. The van der Waals surface area contributed by atoms with Crippen LogP contribution in [0, 0.1) is 0 Å². The van der Waals surface area contributed by atoms with Crippen molar-refractivity contribution in [1.82, 2.24) is 5.32 Å². The molecule has 1 amide bonds. The van der Waals surface area contributed by atoms with Crippen LogP contribution >= 0.6 is 0 Å². The minimum absolute atomic E-state index is 0.0480. The molecule has 2 aliphatic rings. The van der Waals surface area contributed by atoms with Crippen LogP contribution in [0.15, 0.2) is 96.2 Å². The number of amides is 1. The van der Waals surface area contributed by atoms with E-state index < -0.39 is 0 Å². The molecular weight excluding hydrogens is 398 g/mol. The number of ether oxygens (including phenoxy) is 1. The van der Waals surface area contributed by atoms with Crippen molar-refractivity contribution in [2.75, 3.05) is 0 Å². The van der Waals surface area contributed by atoms with E-state index in [-0.39, 0.29) is 29.9 Å². The van der Waals surface area contributed by atoms with Gasteiger partial charge in [-0.05, 0) is 29.5 Å². The molecule has 160 valence electrons. The number of hydrogen-bond acceptors (Lipinski definition) is 3. The lowest BCUT2D eigenvalue weighted by Gasteiger charge is -2.35. The smallest absolute Gasteiger partial charge is 0.225 e. The summed E-state index contributed by atoms with van der Waals surface area (Å²) in [5.41, 5.74) is 4.62. The van der Waals surface area contributed by atoms with Crippen molar-refractivity contribution in [3.8, 4) is 5.75 Å². The Hall–Kier alpha value is -3.66. The van der Waals surface area contributed by atoms with Crippen LogP contribution in [0.1, 0.15) is 47.8 Å². The average molecular weight is 424 g/mol. The standard InChI is InChI=1S/C28H25NO3/c30-25-16-21(20-11-5-2-6-12-20)15-24-28(25)23(17-27(31)29-24)22-13-7-8-14-26(22)32-18-19-9-3-1-4-10-19/h1-14,21,23H,15-18H2,(H,29,31). The van der Waals surface area contributed by atoms with E-state index in [1.54, 1.807) is 0 Å². The molecule has 4 heteroatoms. The van der Waals surface area contributed by atoms with Gasteiger partial charge in [-0.1, -0.05) is 78.9 Å². The molecule has 0 aromatic heterocycles. The number of nitrogens with one attached hydrogen (secondary N) is 1. The van der Waals surface area contributed by atoms with Gasteiger partial charge >= 0.3 is 0 Å². The van der Waals surface area contributed by atoms with E-state index in [2.05, 4.69) is 17.4 Å². The number of para-hydroxylation sites is 1. The van der Waals surface area contributed by atoms with Crippen LogP contribution in [0.3, 0.4) is 0 Å². The third-order valence-electron chi connectivity index (χ3n) is 6.34. The molecule has 0 radical (unpaired) electrons. The summed E-state index contributed by atoms with van der Waals surface area (Å²) < 4.78 is 6.15. The average Bonchev–Trinajstić information content (AvgIpc) is 2.83. The van der Waals surface area contributed by atoms with Gasteiger partial charge in [0, 0.05) is 35.6 Å². The van der Waals surface area contributed by atoms with Crippen LogP contribution in [0.25, 0.3) is 0 Å². The van der Waals surface area contributed by atoms with Gasteiger partial charge in [0.05, 0.1) is 0 Å². The monoisotopic (exact) mass is 423 g/mol. The van der Waals surface area contributed by atoms with Gasteiger partial charge in [-0.3, -0.25) is 9.59 Å². The fourth-order valence-corrected chi connectivity index (χ4v) is 4.82. The molecule has 1 N–H and O–H groups in total. The molecule has 2 unspecified atom stereocenters. The Balaban J connectivity index is 1.46. The fourth-order valence-electron chi connectivity index (χ4n) is 4.82. The third kappa shape index (κ3) is 4.09. The van der Waals surface area contributed by atoms with Crippen LogP contribution in [-0.2, 0) is 16.2 Å². The maximum atomic E-state index is 13.3. The number of rotatable bonds is 5. The van der Waals surface area contributed by atoms with Crippen LogP contribution in [0.5, 0.6) is 5.75 Å². The Morgan fingerprint density at radius 1 is 0.781 bits per heavy atom. The van der Waals surface area contributed by atoms with Crippen molar-refractivity contribution < 1.29 is 14.3 Å². The summed E-state index contributed by atoms with van der Waals surface area (Å²) in [6.07, 6.45) is 1.38. The molecule has 5 rings (SSSR count). The second-order valence-corrected chi connectivity index (χ2v) is 8.45. The molecule has 1 heterocycles. The molecule has 0 spiro atoms. The number of ketones is 1. The van der Waals surface area contributed by atoms with Crippen LogP contribution in [0.2, 0.25) is 0 Å². The number of allylic oxidation sites excluding steroid dienone is 2. The molecule has 2 atom stereocenters. The summed E-state index contributed by atoms with van der Waals surface area (Å²) in [4.78, 5) is 26.0. The lowest BCUT2D eigenvalue weighted by atomic mass is 9.73. The van der Waals surface area contributed by atoms with Gasteiger partial charge in [0.1, 0.15) is 12.4 Å². The topological polar surface area (TPSA) is 55.4 Å². The van der Waals surface area contributed by atoms with Crippen molar-refractivity contribution >= 4 is 11.7 Å². The van der Waals surface area contributed by atoms with Crippen molar-refractivity contribution in [2.45, 2.75) is 37.7 Å². The van der Waals surface area contributed by atoms with Gasteiger partial charge in [0.2, 0.25) is 5.91 Å². The molecule has 0 saturated heterocycles. The van der Waals surface area contributed by atoms with Crippen molar-refractivity contribution in [3.63, 3.8) is 0 Å². The number of carbonyl (C=O) groups is 2. The highest BCUT2D eigenvalue weighted by Gasteiger charge is 2.39. The first kappa shape index (κ1) is 20.3. The Kier molecular flexibility index (Phi) is 5.59. The maximum absolute atomic E-state index is 13.3. The molecule has 0 fully saturated rings. The predicted octanol–water partition coefficient (Wildman–Crippen LogP) is 5.27. The lowest BCUT2D eigenvalue weighted by Crippen LogP contribution is -2.38. The zero-order chi connectivity index (χ0) is 21.9. The summed E-state index contributed by atoms with van der Waals surface area (Å²) >= 11 is 0. The number of benzene rings is 3. The summed E-state index contributed by atoms with van der Waals surface area (Å²) in [5.74, 6) is 0.595. The van der Waals surface area contributed by atoms with E-state index in [0.717, 1.165) is 33.7 Å². The van der Waals surface area contributed by atoms with Gasteiger partial charge in [-0.2, -0.15) is 0 Å². The number of carbonyl (C=O) groups excluding carboxylic acids is 2. The summed E-state index contributed by atoms with van der Waals surface area (Å²) in [6, 6.07) is 27.8. The van der Waals surface area contributed by atoms with Crippen molar-refractivity contribution in [2.24, 2.45) is 0 Å². The van der Waals surface area contributed by atoms with Crippen LogP contribution in [0.4, 0.5) is 0 Å². The second kappa shape index (κ2) is 8.83. The molecule has 0 bridgehead atoms. The highest BCUT2D eigenvalue weighted by atomic mass is 16.5. The van der Waals surface area contributed by atoms with Crippen LogP contribution in [-0.4, -0.2) is 11.7 Å². The predicted molar refractivity (Wildman–Crippen MR) is 123 cm³/mol. The lowest BCUT2D eigenvalue weighted by molar-refractivity contribution is -0.122. The first-order valence-electron chi connectivity index (χ1n) is 11.1. The molecule has 3 aromatic rings. The maximum Gasteiger partial charge on any atom is 0.225 e. The van der Waals surface area contributed by atoms with Gasteiger partial charge in [-0.15, -0.1) is 0 Å². The highest BCUT2D eigenvalue weighted by molar-refractivity contribution is 6.02. The van der Waals surface area contributed by atoms with Gasteiger partial charge < -0.3 is 10.1 Å². The normalized spacial score (nSPS) is 20.5. The van der Waals surface area contributed by atoms with E-state index >= 15 is 0 Å². The zero-order valence-corrected chi connectivity index (χ0v) is 17.8. The van der Waals surface area contributed by atoms with Gasteiger partial charge in [0.25, 0.3) is 0 Å². The number of hydrogen-bond donors (Lipinski definition) is 1. The van der Waals surface area contributed by atoms with E-state index in [1.165, 1.54) is 0 Å².